The number of carbonyl (C=O) groups is 2. The third-order valence-electron chi connectivity index (χ3n) is 5.89. The Balaban J connectivity index is 1.58. The van der Waals surface area contributed by atoms with Crippen molar-refractivity contribution in [2.45, 2.75) is 12.2 Å². The van der Waals surface area contributed by atoms with Crippen LogP contribution in [0.15, 0.2) is 78.9 Å². The number of rotatable bonds is 3. The van der Waals surface area contributed by atoms with Crippen LogP contribution in [0.25, 0.3) is 0 Å². The Kier molecular flexibility index (Phi) is 4.48. The number of carbonyl (C=O) groups excluding carboxylic acids is 2. The summed E-state index contributed by atoms with van der Waals surface area (Å²) < 4.78 is 0. The van der Waals surface area contributed by atoms with Gasteiger partial charge >= 0.3 is 6.03 Å². The second-order valence-corrected chi connectivity index (χ2v) is 7.91. The van der Waals surface area contributed by atoms with E-state index >= 15 is 0 Å². The van der Waals surface area contributed by atoms with E-state index in [2.05, 4.69) is 5.32 Å². The normalized spacial score (nSPS) is 19.6. The lowest BCUT2D eigenvalue weighted by atomic mass is 9.90. The lowest BCUT2D eigenvalue weighted by molar-refractivity contribution is 0.0545. The van der Waals surface area contributed by atoms with Crippen LogP contribution in [0.4, 0.5) is 4.79 Å². The molecule has 6 heteroatoms. The monoisotopic (exact) mass is 417 g/mol. The van der Waals surface area contributed by atoms with Crippen LogP contribution in [0.5, 0.6) is 0 Å². The average molecular weight is 418 g/mol. The fourth-order valence-electron chi connectivity index (χ4n) is 4.59. The highest BCUT2D eigenvalue weighted by atomic mass is 35.5. The highest BCUT2D eigenvalue weighted by Gasteiger charge is 2.59. The van der Waals surface area contributed by atoms with Crippen LogP contribution in [-0.4, -0.2) is 34.8 Å². The van der Waals surface area contributed by atoms with E-state index in [1.54, 1.807) is 21.9 Å². The summed E-state index contributed by atoms with van der Waals surface area (Å²) in [4.78, 5) is 30.1. The number of amides is 3. The largest absolute Gasteiger partial charge is 0.334 e. The van der Waals surface area contributed by atoms with Crippen molar-refractivity contribution >= 4 is 23.5 Å². The fourth-order valence-corrected chi connectivity index (χ4v) is 4.72. The molecule has 1 saturated heterocycles. The maximum Gasteiger partial charge on any atom is 0.320 e. The molecule has 2 heterocycles. The van der Waals surface area contributed by atoms with Crippen molar-refractivity contribution in [2.75, 3.05) is 13.1 Å². The number of benzene rings is 3. The lowest BCUT2D eigenvalue weighted by Gasteiger charge is -2.40. The molecule has 3 aromatic rings. The van der Waals surface area contributed by atoms with E-state index in [1.807, 2.05) is 66.7 Å². The van der Waals surface area contributed by atoms with Gasteiger partial charge in [-0.1, -0.05) is 72.3 Å². The van der Waals surface area contributed by atoms with Gasteiger partial charge in [0.15, 0.2) is 5.66 Å². The number of hydrogen-bond acceptors (Lipinski definition) is 2. The highest BCUT2D eigenvalue weighted by molar-refractivity contribution is 6.30. The van der Waals surface area contributed by atoms with Gasteiger partial charge in [0.2, 0.25) is 0 Å². The molecule has 1 unspecified atom stereocenters. The van der Waals surface area contributed by atoms with E-state index in [0.29, 0.717) is 30.2 Å². The van der Waals surface area contributed by atoms with Crippen LogP contribution >= 0.6 is 11.6 Å². The molecule has 2 aliphatic rings. The molecule has 1 atom stereocenters. The van der Waals surface area contributed by atoms with E-state index in [1.165, 1.54) is 0 Å². The number of nitrogens with zero attached hydrogens (tertiary/aromatic N) is 2. The van der Waals surface area contributed by atoms with Gasteiger partial charge in [0.25, 0.3) is 5.91 Å². The zero-order chi connectivity index (χ0) is 20.7. The van der Waals surface area contributed by atoms with Crippen LogP contribution in [0.3, 0.4) is 0 Å². The standard InChI is InChI=1S/C24H20ClN3O2/c25-19-12-10-18(11-13-19)24-21-9-5-4-8-20(21)22(29)27(24)14-15-28(24)23(30)26-16-17-6-2-1-3-7-17/h1-13H,14-16H2,(H,26,30). The van der Waals surface area contributed by atoms with Gasteiger partial charge in [0.1, 0.15) is 0 Å². The summed E-state index contributed by atoms with van der Waals surface area (Å²) in [6.07, 6.45) is 0. The molecule has 1 N–H and O–H groups in total. The van der Waals surface area contributed by atoms with Gasteiger partial charge in [-0.05, 0) is 23.8 Å². The molecular weight excluding hydrogens is 398 g/mol. The second-order valence-electron chi connectivity index (χ2n) is 7.48. The van der Waals surface area contributed by atoms with E-state index in [0.717, 1.165) is 16.7 Å². The summed E-state index contributed by atoms with van der Waals surface area (Å²) in [7, 11) is 0. The molecule has 0 bridgehead atoms. The van der Waals surface area contributed by atoms with E-state index in [9.17, 15) is 9.59 Å². The second kappa shape index (κ2) is 7.18. The predicted octanol–water partition coefficient (Wildman–Crippen LogP) is 4.22. The number of hydrogen-bond donors (Lipinski definition) is 1. The summed E-state index contributed by atoms with van der Waals surface area (Å²) in [6.45, 7) is 1.33. The van der Waals surface area contributed by atoms with Crippen molar-refractivity contribution in [3.05, 3.63) is 106 Å². The van der Waals surface area contributed by atoms with Crippen molar-refractivity contribution in [1.82, 2.24) is 15.1 Å². The zero-order valence-electron chi connectivity index (χ0n) is 16.2. The molecule has 0 saturated carbocycles. The van der Waals surface area contributed by atoms with Gasteiger partial charge < -0.3 is 10.2 Å². The quantitative estimate of drug-likeness (QED) is 0.693. The highest BCUT2D eigenvalue weighted by Crippen LogP contribution is 2.49. The van der Waals surface area contributed by atoms with Crippen molar-refractivity contribution < 1.29 is 9.59 Å². The van der Waals surface area contributed by atoms with Gasteiger partial charge in [0, 0.05) is 41.3 Å². The van der Waals surface area contributed by atoms with Gasteiger partial charge in [0.05, 0.1) is 0 Å². The van der Waals surface area contributed by atoms with Crippen LogP contribution in [0.1, 0.15) is 27.0 Å². The summed E-state index contributed by atoms with van der Waals surface area (Å²) in [5.74, 6) is -0.0566. The first kappa shape index (κ1) is 18.7. The van der Waals surface area contributed by atoms with Gasteiger partial charge in [-0.3, -0.25) is 9.69 Å². The van der Waals surface area contributed by atoms with Crippen LogP contribution in [0.2, 0.25) is 5.02 Å². The molecule has 0 spiro atoms. The smallest absolute Gasteiger partial charge is 0.320 e. The summed E-state index contributed by atoms with van der Waals surface area (Å²) >= 11 is 6.13. The predicted molar refractivity (Wildman–Crippen MR) is 115 cm³/mol. The minimum Gasteiger partial charge on any atom is -0.334 e. The topological polar surface area (TPSA) is 52.7 Å². The first-order chi connectivity index (χ1) is 14.6. The number of halogens is 1. The minimum atomic E-state index is -0.973. The Morgan fingerprint density at radius 2 is 1.63 bits per heavy atom. The van der Waals surface area contributed by atoms with Crippen LogP contribution in [0, 0.1) is 0 Å². The summed E-state index contributed by atoms with van der Waals surface area (Å²) in [5.41, 5.74) is 2.35. The van der Waals surface area contributed by atoms with E-state index < -0.39 is 5.66 Å². The zero-order valence-corrected chi connectivity index (χ0v) is 17.0. The molecule has 3 aromatic carbocycles. The third kappa shape index (κ3) is 2.70. The third-order valence-corrected chi connectivity index (χ3v) is 6.14. The number of urea groups is 1. The first-order valence-corrected chi connectivity index (χ1v) is 10.3. The first-order valence-electron chi connectivity index (χ1n) is 9.89. The number of fused-ring (bicyclic) bond motifs is 3. The SMILES string of the molecule is O=C(NCc1ccccc1)N1CCN2C(=O)c3ccccc3C12c1ccc(Cl)cc1. The van der Waals surface area contributed by atoms with E-state index in [4.69, 9.17) is 11.6 Å². The van der Waals surface area contributed by atoms with Gasteiger partial charge in [-0.2, -0.15) is 0 Å². The molecule has 0 radical (unpaired) electrons. The molecule has 2 aliphatic heterocycles. The Morgan fingerprint density at radius 3 is 2.40 bits per heavy atom. The van der Waals surface area contributed by atoms with Gasteiger partial charge in [-0.25, -0.2) is 4.79 Å². The fraction of sp³-hybridized carbons (Fsp3) is 0.167. The van der Waals surface area contributed by atoms with E-state index in [-0.39, 0.29) is 11.9 Å². The van der Waals surface area contributed by atoms with Crippen molar-refractivity contribution in [1.29, 1.82) is 0 Å². The molecular formula is C24H20ClN3O2. The van der Waals surface area contributed by atoms with Crippen molar-refractivity contribution in [3.8, 4) is 0 Å². The Labute approximate surface area is 179 Å². The number of nitrogens with one attached hydrogen (secondary N) is 1. The molecule has 30 heavy (non-hydrogen) atoms. The Bertz CT molecular complexity index is 1120. The summed E-state index contributed by atoms with van der Waals surface area (Å²) in [5, 5.41) is 3.64. The van der Waals surface area contributed by atoms with Crippen molar-refractivity contribution in [3.63, 3.8) is 0 Å². The maximum atomic E-state index is 13.4. The molecule has 0 aliphatic carbocycles. The molecule has 150 valence electrons. The van der Waals surface area contributed by atoms with Crippen molar-refractivity contribution in [2.24, 2.45) is 0 Å². The summed E-state index contributed by atoms with van der Waals surface area (Å²) in [6, 6.07) is 24.5. The lowest BCUT2D eigenvalue weighted by Crippen LogP contribution is -2.54. The Hall–Kier alpha value is -3.31. The molecule has 0 aromatic heterocycles. The average Bonchev–Trinajstić information content (AvgIpc) is 3.29. The van der Waals surface area contributed by atoms with Gasteiger partial charge in [-0.15, -0.1) is 0 Å². The molecule has 5 rings (SSSR count). The molecule has 3 amide bonds. The van der Waals surface area contributed by atoms with Crippen LogP contribution < -0.4 is 5.32 Å². The maximum absolute atomic E-state index is 13.4. The Morgan fingerprint density at radius 1 is 0.933 bits per heavy atom. The minimum absolute atomic E-state index is 0.0566. The molecule has 5 nitrogen and oxygen atoms in total. The van der Waals surface area contributed by atoms with Crippen LogP contribution in [-0.2, 0) is 12.2 Å². The molecule has 1 fully saturated rings.